The summed E-state index contributed by atoms with van der Waals surface area (Å²) in [6, 6.07) is 30.0. The molecule has 39 heavy (non-hydrogen) atoms. The number of benzene rings is 5. The lowest BCUT2D eigenvalue weighted by Gasteiger charge is -2.27. The number of Topliss-reactive ketones (excluding diaryl/α,β-unsaturated/α-hetero) is 1. The van der Waals surface area contributed by atoms with E-state index < -0.39 is 17.7 Å². The lowest BCUT2D eigenvalue weighted by Crippen LogP contribution is -2.29. The first kappa shape index (κ1) is 24.2. The largest absolute Gasteiger partial charge is 0.507 e. The first-order valence-electron chi connectivity index (χ1n) is 12.7. The number of hydrogen-bond donors (Lipinski definition) is 2. The topological polar surface area (TPSA) is 87.1 Å². The second-order valence-corrected chi connectivity index (χ2v) is 9.35. The molecule has 1 atom stereocenters. The van der Waals surface area contributed by atoms with Crippen molar-refractivity contribution in [2.24, 2.45) is 0 Å². The fourth-order valence-electron chi connectivity index (χ4n) is 5.36. The summed E-state index contributed by atoms with van der Waals surface area (Å²) in [5.74, 6) is -1.63. The number of carbonyl (C=O) groups excluding carboxylic acids is 2. The molecule has 6 nitrogen and oxygen atoms in total. The maximum absolute atomic E-state index is 13.8. The molecule has 5 aromatic carbocycles. The standard InChI is InChI=1S/C33H25NO5/c1-2-39-28-19-22(17-18-27(28)35)30-29(31(36)25-15-7-11-20-9-3-5-13-23(20)25)32(37)33(38)34(30)26-16-8-12-21-10-4-6-14-24(21)26/h3-19,30,35-36H,2H2,1H3/b31-29+. The van der Waals surface area contributed by atoms with Crippen molar-refractivity contribution >= 4 is 44.7 Å². The van der Waals surface area contributed by atoms with E-state index in [4.69, 9.17) is 4.74 Å². The Balaban J connectivity index is 1.65. The van der Waals surface area contributed by atoms with E-state index in [0.29, 0.717) is 23.4 Å². The van der Waals surface area contributed by atoms with Crippen molar-refractivity contribution in [1.29, 1.82) is 0 Å². The summed E-state index contributed by atoms with van der Waals surface area (Å²) in [5, 5.41) is 25.5. The molecular weight excluding hydrogens is 490 g/mol. The Bertz CT molecular complexity index is 1790. The molecule has 1 aliphatic heterocycles. The second-order valence-electron chi connectivity index (χ2n) is 9.35. The van der Waals surface area contributed by atoms with E-state index in [1.165, 1.54) is 11.0 Å². The quantitative estimate of drug-likeness (QED) is 0.154. The molecule has 6 rings (SSSR count). The van der Waals surface area contributed by atoms with E-state index >= 15 is 0 Å². The normalized spacial score (nSPS) is 16.7. The average Bonchev–Trinajstić information content (AvgIpc) is 3.23. The Labute approximate surface area is 225 Å². The van der Waals surface area contributed by atoms with Crippen molar-refractivity contribution in [2.45, 2.75) is 13.0 Å². The third-order valence-electron chi connectivity index (χ3n) is 7.11. The predicted molar refractivity (Wildman–Crippen MR) is 152 cm³/mol. The van der Waals surface area contributed by atoms with Crippen LogP contribution in [0.2, 0.25) is 0 Å². The van der Waals surface area contributed by atoms with Crippen LogP contribution >= 0.6 is 0 Å². The molecule has 1 aliphatic rings. The number of hydrogen-bond acceptors (Lipinski definition) is 5. The van der Waals surface area contributed by atoms with Crippen LogP contribution in [0.25, 0.3) is 27.3 Å². The molecule has 0 bridgehead atoms. The summed E-state index contributed by atoms with van der Waals surface area (Å²) in [6.07, 6.45) is 0. The maximum atomic E-state index is 13.8. The van der Waals surface area contributed by atoms with Gasteiger partial charge in [-0.25, -0.2) is 0 Å². The minimum atomic E-state index is -0.963. The Hall–Kier alpha value is -5.10. The highest BCUT2D eigenvalue weighted by Gasteiger charge is 2.47. The van der Waals surface area contributed by atoms with Gasteiger partial charge < -0.3 is 14.9 Å². The summed E-state index contributed by atoms with van der Waals surface area (Å²) in [5.41, 5.74) is 1.49. The molecule has 0 aromatic heterocycles. The number of aliphatic hydroxyl groups is 1. The highest BCUT2D eigenvalue weighted by Crippen LogP contribution is 2.46. The van der Waals surface area contributed by atoms with Gasteiger partial charge in [0.25, 0.3) is 11.7 Å². The molecule has 0 saturated carbocycles. The summed E-state index contributed by atoms with van der Waals surface area (Å²) in [6.45, 7) is 2.12. The van der Waals surface area contributed by atoms with Crippen LogP contribution in [0, 0.1) is 0 Å². The van der Waals surface area contributed by atoms with Gasteiger partial charge in [0.15, 0.2) is 11.5 Å². The molecule has 192 valence electrons. The lowest BCUT2D eigenvalue weighted by molar-refractivity contribution is -0.132. The molecule has 1 heterocycles. The monoisotopic (exact) mass is 515 g/mol. The van der Waals surface area contributed by atoms with Crippen LogP contribution < -0.4 is 9.64 Å². The van der Waals surface area contributed by atoms with Crippen LogP contribution in [0.1, 0.15) is 24.1 Å². The summed E-state index contributed by atoms with van der Waals surface area (Å²) in [4.78, 5) is 29.0. The molecular formula is C33H25NO5. The molecule has 1 unspecified atom stereocenters. The van der Waals surface area contributed by atoms with E-state index in [2.05, 4.69) is 0 Å². The summed E-state index contributed by atoms with van der Waals surface area (Å²) < 4.78 is 5.62. The molecule has 2 N–H and O–H groups in total. The first-order valence-corrected chi connectivity index (χ1v) is 12.7. The van der Waals surface area contributed by atoms with Gasteiger partial charge >= 0.3 is 0 Å². The van der Waals surface area contributed by atoms with Crippen molar-refractivity contribution < 1.29 is 24.5 Å². The number of phenolic OH excluding ortho intramolecular Hbond substituents is 1. The van der Waals surface area contributed by atoms with Crippen molar-refractivity contribution in [3.63, 3.8) is 0 Å². The van der Waals surface area contributed by atoms with Gasteiger partial charge in [0, 0.05) is 10.9 Å². The molecule has 1 saturated heterocycles. The Morgan fingerprint density at radius 1 is 0.821 bits per heavy atom. The zero-order chi connectivity index (χ0) is 27.1. The first-order chi connectivity index (χ1) is 19.0. The van der Waals surface area contributed by atoms with Crippen molar-refractivity contribution in [1.82, 2.24) is 0 Å². The number of fused-ring (bicyclic) bond motifs is 2. The highest BCUT2D eigenvalue weighted by molar-refractivity contribution is 6.52. The Kier molecular flexibility index (Phi) is 6.00. The van der Waals surface area contributed by atoms with E-state index in [9.17, 15) is 19.8 Å². The molecule has 1 amide bonds. The number of ether oxygens (including phenoxy) is 1. The summed E-state index contributed by atoms with van der Waals surface area (Å²) in [7, 11) is 0. The summed E-state index contributed by atoms with van der Waals surface area (Å²) >= 11 is 0. The van der Waals surface area contributed by atoms with E-state index in [1.54, 1.807) is 37.3 Å². The van der Waals surface area contributed by atoms with Crippen LogP contribution in [0.4, 0.5) is 5.69 Å². The molecule has 5 aromatic rings. The van der Waals surface area contributed by atoms with Crippen molar-refractivity contribution in [3.8, 4) is 11.5 Å². The van der Waals surface area contributed by atoms with Gasteiger partial charge in [-0.05, 0) is 46.8 Å². The lowest BCUT2D eigenvalue weighted by atomic mass is 9.93. The third-order valence-corrected chi connectivity index (χ3v) is 7.11. The van der Waals surface area contributed by atoms with Crippen molar-refractivity contribution in [2.75, 3.05) is 11.5 Å². The number of carbonyl (C=O) groups is 2. The molecule has 0 aliphatic carbocycles. The smallest absolute Gasteiger partial charge is 0.300 e. The number of aliphatic hydroxyl groups excluding tert-OH is 1. The zero-order valence-electron chi connectivity index (χ0n) is 21.2. The number of ketones is 1. The number of phenols is 1. The van der Waals surface area contributed by atoms with E-state index in [1.807, 2.05) is 66.7 Å². The van der Waals surface area contributed by atoms with Gasteiger partial charge in [-0.2, -0.15) is 0 Å². The van der Waals surface area contributed by atoms with E-state index in [-0.39, 0.29) is 22.8 Å². The number of nitrogens with zero attached hydrogens (tertiary/aromatic N) is 1. The third kappa shape index (κ3) is 3.97. The van der Waals surface area contributed by atoms with Crippen LogP contribution in [0.3, 0.4) is 0 Å². The molecule has 6 heteroatoms. The molecule has 1 fully saturated rings. The van der Waals surface area contributed by atoms with E-state index in [0.717, 1.165) is 21.5 Å². The fourth-order valence-corrected chi connectivity index (χ4v) is 5.36. The molecule has 0 spiro atoms. The highest BCUT2D eigenvalue weighted by atomic mass is 16.5. The number of anilines is 1. The van der Waals surface area contributed by atoms with Crippen LogP contribution in [0.5, 0.6) is 11.5 Å². The van der Waals surface area contributed by atoms with Crippen LogP contribution in [-0.4, -0.2) is 28.5 Å². The van der Waals surface area contributed by atoms with Gasteiger partial charge in [0.05, 0.1) is 23.9 Å². The van der Waals surface area contributed by atoms with Crippen molar-refractivity contribution in [3.05, 3.63) is 120 Å². The Morgan fingerprint density at radius 3 is 2.21 bits per heavy atom. The van der Waals surface area contributed by atoms with Gasteiger partial charge in [0.2, 0.25) is 0 Å². The number of rotatable bonds is 5. The van der Waals surface area contributed by atoms with Crippen LogP contribution in [-0.2, 0) is 9.59 Å². The van der Waals surface area contributed by atoms with Crippen LogP contribution in [0.15, 0.2) is 109 Å². The van der Waals surface area contributed by atoms with Gasteiger partial charge in [0.1, 0.15) is 5.76 Å². The fraction of sp³-hybridized carbons (Fsp3) is 0.0909. The SMILES string of the molecule is CCOc1cc(C2/C(=C(\O)c3cccc4ccccc34)C(=O)C(=O)N2c2cccc3ccccc23)ccc1O. The maximum Gasteiger partial charge on any atom is 0.300 e. The number of aromatic hydroxyl groups is 1. The average molecular weight is 516 g/mol. The Morgan fingerprint density at radius 2 is 1.46 bits per heavy atom. The van der Waals surface area contributed by atoms with Gasteiger partial charge in [-0.3, -0.25) is 14.5 Å². The number of amides is 1. The minimum Gasteiger partial charge on any atom is -0.507 e. The minimum absolute atomic E-state index is 0.0302. The predicted octanol–water partition coefficient (Wildman–Crippen LogP) is 6.72. The van der Waals surface area contributed by atoms with Gasteiger partial charge in [-0.15, -0.1) is 0 Å². The zero-order valence-corrected chi connectivity index (χ0v) is 21.2. The molecule has 0 radical (unpaired) electrons. The second kappa shape index (κ2) is 9.65. The van der Waals surface area contributed by atoms with Gasteiger partial charge in [-0.1, -0.05) is 84.9 Å².